The molecular formula is C35H22N2S2. The molecule has 2 aromatic heterocycles. The van der Waals surface area contributed by atoms with Gasteiger partial charge in [0, 0.05) is 43.7 Å². The van der Waals surface area contributed by atoms with E-state index in [-0.39, 0.29) is 0 Å². The minimum absolute atomic E-state index is 0.409. The Balaban J connectivity index is 1.46. The molecule has 2 aliphatic heterocycles. The van der Waals surface area contributed by atoms with Crippen LogP contribution in [-0.2, 0) is 5.41 Å². The van der Waals surface area contributed by atoms with Crippen LogP contribution in [0.15, 0.2) is 153 Å². The third-order valence-electron chi connectivity index (χ3n) is 7.77. The van der Waals surface area contributed by atoms with Gasteiger partial charge in [-0.15, -0.1) is 0 Å². The van der Waals surface area contributed by atoms with Crippen molar-refractivity contribution in [2.45, 2.75) is 25.0 Å². The molecule has 0 saturated heterocycles. The molecular weight excluding hydrogens is 513 g/mol. The van der Waals surface area contributed by atoms with Crippen molar-refractivity contribution < 1.29 is 0 Å². The first kappa shape index (κ1) is 22.8. The maximum Gasteiger partial charge on any atom is 0.0745 e. The number of fused-ring (bicyclic) bond motifs is 8. The van der Waals surface area contributed by atoms with Gasteiger partial charge in [-0.1, -0.05) is 90.3 Å². The second-order valence-corrected chi connectivity index (χ2v) is 12.0. The van der Waals surface area contributed by atoms with Crippen LogP contribution in [0.3, 0.4) is 0 Å². The highest BCUT2D eigenvalue weighted by Crippen LogP contribution is 2.62. The number of rotatable bonds is 2. The molecule has 6 aromatic rings. The van der Waals surface area contributed by atoms with Gasteiger partial charge in [0.15, 0.2) is 0 Å². The van der Waals surface area contributed by atoms with E-state index in [2.05, 4.69) is 119 Å². The number of hydrogen-bond acceptors (Lipinski definition) is 4. The van der Waals surface area contributed by atoms with E-state index < -0.39 is 5.41 Å². The van der Waals surface area contributed by atoms with Crippen molar-refractivity contribution in [1.29, 1.82) is 0 Å². The van der Waals surface area contributed by atoms with Crippen LogP contribution in [0.2, 0.25) is 0 Å². The Kier molecular flexibility index (Phi) is 5.25. The third-order valence-corrected chi connectivity index (χ3v) is 10.0. The molecule has 1 spiro atoms. The molecule has 0 N–H and O–H groups in total. The molecule has 184 valence electrons. The number of nitrogens with zero attached hydrogens (tertiary/aromatic N) is 2. The summed E-state index contributed by atoms with van der Waals surface area (Å²) in [5.74, 6) is 0. The first-order valence-corrected chi connectivity index (χ1v) is 14.6. The number of pyridine rings is 2. The molecule has 2 nitrogen and oxygen atoms in total. The molecule has 0 atom stereocenters. The first-order valence-electron chi connectivity index (χ1n) is 13.0. The van der Waals surface area contributed by atoms with Crippen molar-refractivity contribution in [3.05, 3.63) is 156 Å². The zero-order chi connectivity index (χ0) is 25.8. The van der Waals surface area contributed by atoms with E-state index in [0.29, 0.717) is 0 Å². The SMILES string of the molecule is c1ccc(-c2ccc3c(c2)Sc2cc(-c4ccncc4)ccc2C32c3ccccc3Sc3ccccc32)nc1. The largest absolute Gasteiger partial charge is 0.265 e. The summed E-state index contributed by atoms with van der Waals surface area (Å²) in [5.41, 5.74) is 9.46. The Bertz CT molecular complexity index is 1730. The van der Waals surface area contributed by atoms with Crippen LogP contribution >= 0.6 is 23.5 Å². The van der Waals surface area contributed by atoms with Crippen molar-refractivity contribution in [3.63, 3.8) is 0 Å². The molecule has 0 bridgehead atoms. The molecule has 8 rings (SSSR count). The summed E-state index contributed by atoms with van der Waals surface area (Å²) < 4.78 is 0. The van der Waals surface area contributed by atoms with E-state index >= 15 is 0 Å². The predicted molar refractivity (Wildman–Crippen MR) is 159 cm³/mol. The van der Waals surface area contributed by atoms with Gasteiger partial charge in [-0.25, -0.2) is 0 Å². The maximum atomic E-state index is 4.65. The first-order chi connectivity index (χ1) is 19.3. The van der Waals surface area contributed by atoms with Crippen LogP contribution < -0.4 is 0 Å². The molecule has 39 heavy (non-hydrogen) atoms. The fourth-order valence-electron chi connectivity index (χ4n) is 6.09. The van der Waals surface area contributed by atoms with Gasteiger partial charge in [-0.3, -0.25) is 9.97 Å². The number of aromatic nitrogens is 2. The Morgan fingerprint density at radius 1 is 0.436 bits per heavy atom. The number of benzene rings is 4. The highest BCUT2D eigenvalue weighted by atomic mass is 32.2. The zero-order valence-corrected chi connectivity index (χ0v) is 22.5. The van der Waals surface area contributed by atoms with E-state index in [9.17, 15) is 0 Å². The molecule has 4 heteroatoms. The molecule has 0 amide bonds. The quantitative estimate of drug-likeness (QED) is 0.221. The summed E-state index contributed by atoms with van der Waals surface area (Å²) in [4.78, 5) is 14.1. The molecule has 0 aliphatic carbocycles. The van der Waals surface area contributed by atoms with Crippen LogP contribution in [-0.4, -0.2) is 9.97 Å². The van der Waals surface area contributed by atoms with Crippen molar-refractivity contribution >= 4 is 23.5 Å². The normalized spacial score (nSPS) is 14.2. The van der Waals surface area contributed by atoms with Gasteiger partial charge in [0.05, 0.1) is 11.1 Å². The lowest BCUT2D eigenvalue weighted by atomic mass is 9.64. The van der Waals surface area contributed by atoms with Gasteiger partial charge in [-0.05, 0) is 81.9 Å². The van der Waals surface area contributed by atoms with Crippen molar-refractivity contribution in [2.24, 2.45) is 0 Å². The molecule has 0 unspecified atom stereocenters. The van der Waals surface area contributed by atoms with E-state index in [1.807, 2.05) is 48.2 Å². The molecule has 0 fully saturated rings. The summed E-state index contributed by atoms with van der Waals surface area (Å²) in [5, 5.41) is 0. The smallest absolute Gasteiger partial charge is 0.0745 e. The summed E-state index contributed by atoms with van der Waals surface area (Å²) in [6.07, 6.45) is 5.59. The zero-order valence-electron chi connectivity index (χ0n) is 20.9. The Morgan fingerprint density at radius 2 is 1.00 bits per heavy atom. The topological polar surface area (TPSA) is 25.8 Å². The van der Waals surface area contributed by atoms with Gasteiger partial charge < -0.3 is 0 Å². The lowest BCUT2D eigenvalue weighted by Gasteiger charge is -2.45. The lowest BCUT2D eigenvalue weighted by molar-refractivity contribution is 0.667. The van der Waals surface area contributed by atoms with Gasteiger partial charge in [-0.2, -0.15) is 0 Å². The molecule has 4 heterocycles. The van der Waals surface area contributed by atoms with E-state index in [1.165, 1.54) is 53.0 Å². The minimum Gasteiger partial charge on any atom is -0.265 e. The van der Waals surface area contributed by atoms with Gasteiger partial charge in [0.1, 0.15) is 0 Å². The minimum atomic E-state index is -0.409. The highest BCUT2D eigenvalue weighted by Gasteiger charge is 2.48. The van der Waals surface area contributed by atoms with Gasteiger partial charge >= 0.3 is 0 Å². The van der Waals surface area contributed by atoms with E-state index in [1.54, 1.807) is 0 Å². The van der Waals surface area contributed by atoms with Crippen LogP contribution in [0.1, 0.15) is 22.3 Å². The summed E-state index contributed by atoms with van der Waals surface area (Å²) in [6, 6.07) is 42.1. The fraction of sp³-hybridized carbons (Fsp3) is 0.0286. The van der Waals surface area contributed by atoms with Crippen LogP contribution in [0, 0.1) is 0 Å². The van der Waals surface area contributed by atoms with Gasteiger partial charge in [0.2, 0.25) is 0 Å². The van der Waals surface area contributed by atoms with Crippen LogP contribution in [0.25, 0.3) is 22.4 Å². The summed E-state index contributed by atoms with van der Waals surface area (Å²) in [6.45, 7) is 0. The van der Waals surface area contributed by atoms with Crippen molar-refractivity contribution in [3.8, 4) is 22.4 Å². The third kappa shape index (κ3) is 3.45. The maximum absolute atomic E-state index is 4.65. The summed E-state index contributed by atoms with van der Waals surface area (Å²) >= 11 is 3.74. The second-order valence-electron chi connectivity index (χ2n) is 9.82. The van der Waals surface area contributed by atoms with E-state index in [4.69, 9.17) is 0 Å². The van der Waals surface area contributed by atoms with Crippen molar-refractivity contribution in [2.75, 3.05) is 0 Å². The monoisotopic (exact) mass is 534 g/mol. The molecule has 4 aromatic carbocycles. The predicted octanol–water partition coefficient (Wildman–Crippen LogP) is 9.12. The lowest BCUT2D eigenvalue weighted by Crippen LogP contribution is -2.36. The Morgan fingerprint density at radius 3 is 1.67 bits per heavy atom. The average molecular weight is 535 g/mol. The second kappa shape index (κ2) is 8.98. The highest BCUT2D eigenvalue weighted by molar-refractivity contribution is 8.00. The standard InChI is InChI=1S/C35H22N2S2/c1-3-10-31-26(7-1)35(27-8-2-4-11-32(27)38-31)28-14-12-24(23-16-19-36-20-17-23)21-33(28)39-34-22-25(13-15-29(34)35)30-9-5-6-18-37-30/h1-22H. The summed E-state index contributed by atoms with van der Waals surface area (Å²) in [7, 11) is 0. The van der Waals surface area contributed by atoms with E-state index in [0.717, 1.165) is 11.3 Å². The van der Waals surface area contributed by atoms with Gasteiger partial charge in [0.25, 0.3) is 0 Å². The molecule has 0 radical (unpaired) electrons. The average Bonchev–Trinajstić information content (AvgIpc) is 3.01. The molecule has 2 aliphatic rings. The van der Waals surface area contributed by atoms with Crippen LogP contribution in [0.5, 0.6) is 0 Å². The molecule has 0 saturated carbocycles. The Labute approximate surface area is 236 Å². The fourth-order valence-corrected chi connectivity index (χ4v) is 8.55. The van der Waals surface area contributed by atoms with Crippen LogP contribution in [0.4, 0.5) is 0 Å². The van der Waals surface area contributed by atoms with Crippen molar-refractivity contribution in [1.82, 2.24) is 9.97 Å². The number of hydrogen-bond donors (Lipinski definition) is 0. The Hall–Kier alpha value is -4.12.